The standard InChI is InChI=1S/C66H71N9O14/c67-28-57(78)68-54(33-76)65(86)75(55(34-77)66(87)88)58(79)35-89-56-23-40(63(84)73-29-46(59(80)69-50-24-42(50)36-13-5-1-6-14-36)47(30-73)60(81)70-51-25-43(51)37-15-7-2-8-16-37)21-22-41(56)64(85)74-31-48(61(82)71-52-26-44(52)38-17-9-3-10-18-38)49(32-74)62(83)72-53-27-45(53)39-19-11-4-12-20-39/h1-23,42-55,76-77H,24-35,67H2,(H,68,78)(H,69,80)(H,70,81)(H,71,82)(H,72,83)(H,87,88)/t42-,43-,44-,45-,46-,47-,48-,49-,50+,51+,52+,53+,54+,55+/m1/s1. The molecule has 0 radical (unpaired) electrons. The number of carbonyl (C=O) groups is 10. The van der Waals surface area contributed by atoms with Gasteiger partial charge >= 0.3 is 5.97 Å². The summed E-state index contributed by atoms with van der Waals surface area (Å²) in [4.78, 5) is 143. The summed E-state index contributed by atoms with van der Waals surface area (Å²) in [7, 11) is 0. The van der Waals surface area contributed by atoms with E-state index in [0.29, 0.717) is 25.7 Å². The van der Waals surface area contributed by atoms with Gasteiger partial charge in [0.25, 0.3) is 23.6 Å². The first-order valence-electron chi connectivity index (χ1n) is 30.1. The van der Waals surface area contributed by atoms with Crippen LogP contribution in [0, 0.1) is 23.7 Å². The minimum absolute atomic E-state index is 0.0411. The van der Waals surface area contributed by atoms with Crippen molar-refractivity contribution in [2.75, 3.05) is 52.5 Å². The van der Waals surface area contributed by atoms with E-state index < -0.39 is 127 Å². The van der Waals surface area contributed by atoms with E-state index >= 15 is 4.79 Å². The van der Waals surface area contributed by atoms with E-state index in [1.807, 2.05) is 121 Å². The van der Waals surface area contributed by atoms with Crippen molar-refractivity contribution in [3.8, 4) is 5.75 Å². The number of aliphatic hydroxyl groups is 2. The van der Waals surface area contributed by atoms with Crippen molar-refractivity contribution in [3.05, 3.63) is 173 Å². The molecule has 14 atom stereocenters. The SMILES string of the molecule is NCC(=O)N[C@@H](CO)C(=O)N(C(=O)COc1cc(C(=O)N2C[C@@H](C(=O)N[C@H]3C[C@@H]3c3ccccc3)[C@H](C(=O)N[C@H]3C[C@@H]3c3ccccc3)C2)ccc1C(=O)N1C[C@@H](C(=O)N[C@H]2C[C@@H]2c2ccccc2)[C@H](C(=O)N[C@H]2C[C@@H]2c2ccccc2)C1)[C@@H](CO)C(=O)O. The fourth-order valence-corrected chi connectivity index (χ4v) is 12.7. The average molecular weight is 1210 g/mol. The Bertz CT molecular complexity index is 3360. The van der Waals surface area contributed by atoms with E-state index in [9.17, 15) is 58.5 Å². The third-order valence-electron chi connectivity index (χ3n) is 18.0. The topological polar surface area (TPSA) is 337 Å². The quantitative estimate of drug-likeness (QED) is 0.0421. The van der Waals surface area contributed by atoms with Crippen molar-refractivity contribution in [2.45, 2.75) is 85.6 Å². The summed E-state index contributed by atoms with van der Waals surface area (Å²) in [5.41, 5.74) is 9.13. The number of nitrogens with one attached hydrogen (secondary N) is 5. The number of nitrogens with two attached hydrogens (primary N) is 1. The summed E-state index contributed by atoms with van der Waals surface area (Å²) in [5, 5.41) is 45.0. The van der Waals surface area contributed by atoms with Crippen LogP contribution in [0.3, 0.4) is 0 Å². The molecule has 0 bridgehead atoms. The van der Waals surface area contributed by atoms with Crippen LogP contribution in [0.4, 0.5) is 0 Å². The molecule has 89 heavy (non-hydrogen) atoms. The first kappa shape index (κ1) is 61.3. The summed E-state index contributed by atoms with van der Waals surface area (Å²) in [6, 6.07) is 37.3. The van der Waals surface area contributed by atoms with Crippen LogP contribution in [-0.2, 0) is 38.4 Å². The van der Waals surface area contributed by atoms with Gasteiger partial charge < -0.3 is 62.2 Å². The van der Waals surface area contributed by atoms with Gasteiger partial charge in [-0.3, -0.25) is 48.1 Å². The maximum absolute atomic E-state index is 15.2. The zero-order valence-electron chi connectivity index (χ0n) is 48.6. The second kappa shape index (κ2) is 26.6. The summed E-state index contributed by atoms with van der Waals surface area (Å²) < 4.78 is 6.05. The number of hydrogen-bond acceptors (Lipinski definition) is 14. The number of carboxylic acid groups (broad SMARTS) is 1. The Balaban J connectivity index is 0.879. The molecule has 464 valence electrons. The largest absolute Gasteiger partial charge is 0.483 e. The minimum Gasteiger partial charge on any atom is -0.483 e. The normalized spacial score (nSPS) is 25.9. The predicted octanol–water partition coefficient (Wildman–Crippen LogP) is 1.37. The summed E-state index contributed by atoms with van der Waals surface area (Å²) in [6.07, 6.45) is 2.68. The Labute approximate surface area is 512 Å². The number of carbonyl (C=O) groups excluding carboxylic acids is 9. The van der Waals surface area contributed by atoms with E-state index in [4.69, 9.17) is 10.5 Å². The lowest BCUT2D eigenvalue weighted by atomic mass is 9.94. The van der Waals surface area contributed by atoms with Gasteiger partial charge in [-0.15, -0.1) is 0 Å². The number of benzene rings is 5. The molecule has 0 unspecified atom stereocenters. The summed E-state index contributed by atoms with van der Waals surface area (Å²) in [5.74, 6) is -13.3. The van der Waals surface area contributed by atoms with Gasteiger partial charge in [0.15, 0.2) is 12.6 Å². The molecule has 5 aromatic carbocycles. The molecule has 5 aromatic rings. The summed E-state index contributed by atoms with van der Waals surface area (Å²) >= 11 is 0. The maximum Gasteiger partial charge on any atom is 0.329 e. The van der Waals surface area contributed by atoms with Crippen molar-refractivity contribution in [2.24, 2.45) is 29.4 Å². The number of rotatable bonds is 24. The zero-order chi connectivity index (χ0) is 62.6. The molecule has 11 rings (SSSR count). The number of ether oxygens (including phenoxy) is 1. The van der Waals surface area contributed by atoms with Crippen LogP contribution in [0.1, 0.15) is 92.3 Å². The van der Waals surface area contributed by atoms with Gasteiger partial charge in [0.1, 0.15) is 11.8 Å². The highest BCUT2D eigenvalue weighted by Gasteiger charge is 2.52. The fraction of sp³-hybridized carbons (Fsp3) is 0.394. The second-order valence-electron chi connectivity index (χ2n) is 24.0. The van der Waals surface area contributed by atoms with Crippen LogP contribution in [0.15, 0.2) is 140 Å². The fourth-order valence-electron chi connectivity index (χ4n) is 12.7. The monoisotopic (exact) mass is 1210 g/mol. The van der Waals surface area contributed by atoms with Crippen molar-refractivity contribution < 1.29 is 68.0 Å². The van der Waals surface area contributed by atoms with Gasteiger partial charge in [-0.25, -0.2) is 4.79 Å². The van der Waals surface area contributed by atoms with Gasteiger partial charge in [0.2, 0.25) is 29.5 Å². The molecule has 9 amide bonds. The number of aliphatic hydroxyl groups excluding tert-OH is 2. The van der Waals surface area contributed by atoms with Gasteiger partial charge in [-0.1, -0.05) is 121 Å². The number of likely N-dealkylation sites (tertiary alicyclic amines) is 2. The molecule has 23 nitrogen and oxygen atoms in total. The lowest BCUT2D eigenvalue weighted by Gasteiger charge is -2.29. The van der Waals surface area contributed by atoms with Crippen LogP contribution in [-0.4, -0.2) is 178 Å². The number of nitrogens with zero attached hydrogens (tertiary/aromatic N) is 3. The molecule has 10 N–H and O–H groups in total. The van der Waals surface area contributed by atoms with Crippen molar-refractivity contribution in [3.63, 3.8) is 0 Å². The van der Waals surface area contributed by atoms with Crippen LogP contribution in [0.5, 0.6) is 5.75 Å². The first-order chi connectivity index (χ1) is 43.0. The van der Waals surface area contributed by atoms with E-state index in [-0.39, 0.29) is 90.0 Å². The number of imide groups is 1. The highest BCUT2D eigenvalue weighted by molar-refractivity contribution is 6.05. The molecule has 6 aliphatic rings. The molecule has 4 saturated carbocycles. The predicted molar refractivity (Wildman–Crippen MR) is 319 cm³/mol. The van der Waals surface area contributed by atoms with Crippen molar-refractivity contribution in [1.82, 2.24) is 41.3 Å². The van der Waals surface area contributed by atoms with Crippen LogP contribution in [0.2, 0.25) is 0 Å². The van der Waals surface area contributed by atoms with Gasteiger partial charge in [-0.2, -0.15) is 0 Å². The highest BCUT2D eigenvalue weighted by Crippen LogP contribution is 2.45. The smallest absolute Gasteiger partial charge is 0.329 e. The molecule has 23 heteroatoms. The van der Waals surface area contributed by atoms with Crippen LogP contribution >= 0.6 is 0 Å². The Morgan fingerprint density at radius 1 is 0.517 bits per heavy atom. The molecular formula is C66H71N9O14. The Kier molecular flexibility index (Phi) is 18.3. The third-order valence-corrected chi connectivity index (χ3v) is 18.0. The lowest BCUT2D eigenvalue weighted by molar-refractivity contribution is -0.162. The van der Waals surface area contributed by atoms with Gasteiger partial charge in [0, 0.05) is 79.6 Å². The molecule has 0 aromatic heterocycles. The van der Waals surface area contributed by atoms with E-state index in [2.05, 4.69) is 26.6 Å². The van der Waals surface area contributed by atoms with Crippen molar-refractivity contribution in [1.29, 1.82) is 0 Å². The number of amides is 9. The molecule has 2 saturated heterocycles. The second-order valence-corrected chi connectivity index (χ2v) is 24.0. The number of aliphatic carboxylic acids is 1. The molecule has 2 heterocycles. The first-order valence-corrected chi connectivity index (χ1v) is 30.1. The van der Waals surface area contributed by atoms with Crippen LogP contribution < -0.4 is 37.1 Å². The summed E-state index contributed by atoms with van der Waals surface area (Å²) in [6.45, 7) is -5.26. The number of hydrogen-bond donors (Lipinski definition) is 9. The molecule has 2 aliphatic heterocycles. The van der Waals surface area contributed by atoms with E-state index in [0.717, 1.165) is 28.3 Å². The molecular weight excluding hydrogens is 1140 g/mol. The maximum atomic E-state index is 15.2. The lowest BCUT2D eigenvalue weighted by Crippen LogP contribution is -2.59. The zero-order valence-corrected chi connectivity index (χ0v) is 48.6. The van der Waals surface area contributed by atoms with Crippen LogP contribution in [0.25, 0.3) is 0 Å². The van der Waals surface area contributed by atoms with E-state index in [1.165, 1.54) is 21.9 Å². The molecule has 4 aliphatic carbocycles. The van der Waals surface area contributed by atoms with Crippen molar-refractivity contribution >= 4 is 59.1 Å². The minimum atomic E-state index is -2.27. The van der Waals surface area contributed by atoms with Gasteiger partial charge in [-0.05, 0) is 66.1 Å². The molecule has 0 spiro atoms. The highest BCUT2D eigenvalue weighted by atomic mass is 16.5. The third kappa shape index (κ3) is 13.9. The Morgan fingerprint density at radius 3 is 1.22 bits per heavy atom. The Morgan fingerprint density at radius 2 is 0.888 bits per heavy atom. The molecule has 6 fully saturated rings. The van der Waals surface area contributed by atoms with Gasteiger partial charge in [0.05, 0.1) is 49.0 Å². The average Bonchev–Trinajstić information content (AvgIpc) is 1.90. The Hall–Kier alpha value is -9.32. The van der Waals surface area contributed by atoms with E-state index in [1.54, 1.807) is 0 Å². The number of carboxylic acids is 1.